The molecule has 0 aliphatic carbocycles. The van der Waals surface area contributed by atoms with Gasteiger partial charge in [0.15, 0.2) is 0 Å². The number of nitrogens with zero attached hydrogens (tertiary/aromatic N) is 3. The predicted molar refractivity (Wildman–Crippen MR) is 92.0 cm³/mol. The van der Waals surface area contributed by atoms with E-state index in [9.17, 15) is 0 Å². The standard InChI is InChI=1S/C20H18N3/c1-12-5-4-6-15-11-17-21-16-10-9-14-8-7-13(2)22(3)19(14)20(16)23(17)18(12)15/h4-10H,11H2,1-3H3/q+1. The maximum atomic E-state index is 4.92. The van der Waals surface area contributed by atoms with Crippen molar-refractivity contribution in [2.75, 3.05) is 0 Å². The Morgan fingerprint density at radius 3 is 2.74 bits per heavy atom. The fraction of sp³-hybridized carbons (Fsp3) is 0.200. The molecule has 2 aromatic heterocycles. The van der Waals surface area contributed by atoms with Crippen molar-refractivity contribution < 1.29 is 4.57 Å². The van der Waals surface area contributed by atoms with Gasteiger partial charge in [0.05, 0.1) is 6.42 Å². The third kappa shape index (κ3) is 1.54. The molecular formula is C20H18N3+. The zero-order chi connectivity index (χ0) is 15.7. The highest BCUT2D eigenvalue weighted by molar-refractivity contribution is 6.00. The first-order chi connectivity index (χ1) is 11.1. The van der Waals surface area contributed by atoms with Crippen molar-refractivity contribution >= 4 is 21.9 Å². The molecule has 0 fully saturated rings. The van der Waals surface area contributed by atoms with Crippen LogP contribution in [-0.2, 0) is 13.5 Å². The van der Waals surface area contributed by atoms with E-state index in [-0.39, 0.29) is 0 Å². The molecule has 2 aromatic carbocycles. The average molecular weight is 300 g/mol. The number of para-hydroxylation sites is 1. The van der Waals surface area contributed by atoms with Crippen molar-refractivity contribution in [2.24, 2.45) is 7.05 Å². The maximum Gasteiger partial charge on any atom is 0.309 e. The van der Waals surface area contributed by atoms with E-state index in [1.807, 2.05) is 0 Å². The van der Waals surface area contributed by atoms with Gasteiger partial charge in [0, 0.05) is 23.7 Å². The van der Waals surface area contributed by atoms with E-state index in [0.717, 1.165) is 17.8 Å². The lowest BCUT2D eigenvalue weighted by Gasteiger charge is -2.10. The van der Waals surface area contributed by atoms with Crippen molar-refractivity contribution in [2.45, 2.75) is 20.3 Å². The van der Waals surface area contributed by atoms with Gasteiger partial charge < -0.3 is 4.57 Å². The molecule has 0 unspecified atom stereocenters. The molecule has 1 aliphatic heterocycles. The van der Waals surface area contributed by atoms with Crippen molar-refractivity contribution in [1.82, 2.24) is 9.55 Å². The second-order valence-electron chi connectivity index (χ2n) is 6.53. The zero-order valence-corrected chi connectivity index (χ0v) is 13.6. The molecule has 4 aromatic rings. The van der Waals surface area contributed by atoms with Crippen LogP contribution in [0.2, 0.25) is 0 Å². The van der Waals surface area contributed by atoms with Crippen LogP contribution in [-0.4, -0.2) is 9.55 Å². The molecule has 0 bridgehead atoms. The first kappa shape index (κ1) is 12.8. The first-order valence-electron chi connectivity index (χ1n) is 8.03. The summed E-state index contributed by atoms with van der Waals surface area (Å²) in [5.74, 6) is 1.15. The predicted octanol–water partition coefficient (Wildman–Crippen LogP) is 3.52. The number of aryl methyl sites for hydroxylation is 3. The topological polar surface area (TPSA) is 21.7 Å². The summed E-state index contributed by atoms with van der Waals surface area (Å²) in [7, 11) is 2.14. The third-order valence-electron chi connectivity index (χ3n) is 5.15. The minimum atomic E-state index is 0.919. The molecule has 0 saturated heterocycles. The van der Waals surface area contributed by atoms with Gasteiger partial charge in [-0.2, -0.15) is 4.57 Å². The Kier molecular flexibility index (Phi) is 2.34. The SMILES string of the molecule is Cc1cccc2c1-[n+]1c(nc3ccc4ccc(C)n(C)c4c31)C2. The molecule has 5 rings (SSSR count). The molecule has 0 saturated carbocycles. The van der Waals surface area contributed by atoms with Gasteiger partial charge in [-0.25, -0.2) is 0 Å². The number of benzene rings is 2. The van der Waals surface area contributed by atoms with E-state index in [1.54, 1.807) is 0 Å². The van der Waals surface area contributed by atoms with Gasteiger partial charge in [-0.3, -0.25) is 0 Å². The van der Waals surface area contributed by atoms with E-state index in [2.05, 4.69) is 72.5 Å². The van der Waals surface area contributed by atoms with Crippen LogP contribution in [0.25, 0.3) is 27.6 Å². The normalized spacial score (nSPS) is 12.8. The first-order valence-corrected chi connectivity index (χ1v) is 8.03. The van der Waals surface area contributed by atoms with Gasteiger partial charge in [-0.1, -0.05) is 24.3 Å². The molecule has 0 spiro atoms. The van der Waals surface area contributed by atoms with E-state index >= 15 is 0 Å². The van der Waals surface area contributed by atoms with Gasteiger partial charge in [-0.15, -0.1) is 0 Å². The number of rotatable bonds is 0. The van der Waals surface area contributed by atoms with Crippen LogP contribution in [0.5, 0.6) is 0 Å². The summed E-state index contributed by atoms with van der Waals surface area (Å²) in [4.78, 5) is 4.92. The minimum Gasteiger partial charge on any atom is -0.344 e. The minimum absolute atomic E-state index is 0.919. The Morgan fingerprint density at radius 1 is 1.04 bits per heavy atom. The smallest absolute Gasteiger partial charge is 0.309 e. The molecule has 0 N–H and O–H groups in total. The number of fused-ring (bicyclic) bond motifs is 7. The average Bonchev–Trinajstić information content (AvgIpc) is 3.06. The highest BCUT2D eigenvalue weighted by Crippen LogP contribution is 2.30. The monoisotopic (exact) mass is 300 g/mol. The number of imidazole rings is 1. The summed E-state index contributed by atoms with van der Waals surface area (Å²) < 4.78 is 4.66. The number of pyridine rings is 1. The van der Waals surface area contributed by atoms with Crippen LogP contribution in [0, 0.1) is 13.8 Å². The molecule has 3 heteroatoms. The molecule has 0 amide bonds. The molecule has 3 heterocycles. The second-order valence-corrected chi connectivity index (χ2v) is 6.53. The Morgan fingerprint density at radius 2 is 1.87 bits per heavy atom. The van der Waals surface area contributed by atoms with Crippen LogP contribution < -0.4 is 4.57 Å². The van der Waals surface area contributed by atoms with Crippen LogP contribution in [0.4, 0.5) is 0 Å². The second kappa shape index (κ2) is 4.19. The third-order valence-corrected chi connectivity index (χ3v) is 5.15. The zero-order valence-electron chi connectivity index (χ0n) is 13.6. The molecular weight excluding hydrogens is 282 g/mol. The summed E-state index contributed by atoms with van der Waals surface area (Å²) in [6, 6.07) is 15.3. The Bertz CT molecular complexity index is 1120. The van der Waals surface area contributed by atoms with Crippen molar-refractivity contribution in [3.63, 3.8) is 0 Å². The molecule has 1 aliphatic rings. The maximum absolute atomic E-state index is 4.92. The van der Waals surface area contributed by atoms with Gasteiger partial charge in [0.1, 0.15) is 11.2 Å². The molecule has 112 valence electrons. The quantitative estimate of drug-likeness (QED) is 0.401. The summed E-state index contributed by atoms with van der Waals surface area (Å²) in [5.41, 5.74) is 8.84. The van der Waals surface area contributed by atoms with Gasteiger partial charge in [-0.05, 0) is 42.6 Å². The number of aromatic nitrogens is 3. The Labute approximate surface area is 134 Å². The van der Waals surface area contributed by atoms with Crippen LogP contribution >= 0.6 is 0 Å². The van der Waals surface area contributed by atoms with Crippen LogP contribution in [0.15, 0.2) is 42.5 Å². The molecule has 0 atom stereocenters. The summed E-state index contributed by atoms with van der Waals surface area (Å²) >= 11 is 0. The van der Waals surface area contributed by atoms with E-state index < -0.39 is 0 Å². The van der Waals surface area contributed by atoms with Gasteiger partial charge in [0.25, 0.3) is 0 Å². The Balaban J connectivity index is 2.04. The number of hydrogen-bond donors (Lipinski definition) is 0. The van der Waals surface area contributed by atoms with E-state index in [4.69, 9.17) is 4.98 Å². The van der Waals surface area contributed by atoms with Crippen LogP contribution in [0.1, 0.15) is 22.6 Å². The van der Waals surface area contributed by atoms with Gasteiger partial charge in [0.2, 0.25) is 11.0 Å². The fourth-order valence-electron chi connectivity index (χ4n) is 3.91. The van der Waals surface area contributed by atoms with E-state index in [1.165, 1.54) is 38.9 Å². The molecule has 3 nitrogen and oxygen atoms in total. The van der Waals surface area contributed by atoms with Crippen molar-refractivity contribution in [3.05, 3.63) is 65.1 Å². The largest absolute Gasteiger partial charge is 0.344 e. The summed E-state index contributed by atoms with van der Waals surface area (Å²) in [6.07, 6.45) is 0.919. The molecule has 0 radical (unpaired) electrons. The lowest BCUT2D eigenvalue weighted by Crippen LogP contribution is -2.31. The van der Waals surface area contributed by atoms with Crippen molar-refractivity contribution in [3.8, 4) is 5.69 Å². The summed E-state index contributed by atoms with van der Waals surface area (Å²) in [6.45, 7) is 4.34. The number of hydrogen-bond acceptors (Lipinski definition) is 1. The fourth-order valence-corrected chi connectivity index (χ4v) is 3.91. The summed E-state index contributed by atoms with van der Waals surface area (Å²) in [5, 5.41) is 1.26. The lowest BCUT2D eigenvalue weighted by molar-refractivity contribution is -0.568. The lowest BCUT2D eigenvalue weighted by atomic mass is 10.1. The Hall–Kier alpha value is -2.68. The van der Waals surface area contributed by atoms with Crippen LogP contribution in [0.3, 0.4) is 0 Å². The van der Waals surface area contributed by atoms with E-state index in [0.29, 0.717) is 0 Å². The highest BCUT2D eigenvalue weighted by Gasteiger charge is 2.34. The van der Waals surface area contributed by atoms with Gasteiger partial charge >= 0.3 is 5.82 Å². The van der Waals surface area contributed by atoms with Crippen molar-refractivity contribution in [1.29, 1.82) is 0 Å². The molecule has 23 heavy (non-hydrogen) atoms. The highest BCUT2D eigenvalue weighted by atomic mass is 15.1.